The summed E-state index contributed by atoms with van der Waals surface area (Å²) < 4.78 is 4.95. The number of esters is 1. The maximum absolute atomic E-state index is 11.4. The third-order valence-corrected chi connectivity index (χ3v) is 5.21. The van der Waals surface area contributed by atoms with Crippen molar-refractivity contribution in [2.24, 2.45) is 0 Å². The van der Waals surface area contributed by atoms with E-state index in [9.17, 15) is 9.90 Å². The SMILES string of the molecule is CCCCCCCCCCCCCCCCCCC(=O)OCC(O)CCl. The molecular weight excluding hydrogens is 348 g/mol. The highest BCUT2D eigenvalue weighted by atomic mass is 35.5. The fourth-order valence-electron chi connectivity index (χ4n) is 3.12. The van der Waals surface area contributed by atoms with Crippen molar-refractivity contribution in [3.05, 3.63) is 0 Å². The normalized spacial score (nSPS) is 12.3. The van der Waals surface area contributed by atoms with Gasteiger partial charge in [-0.1, -0.05) is 103 Å². The molecule has 0 aromatic heterocycles. The fraction of sp³-hybridized carbons (Fsp3) is 0.955. The predicted octanol–water partition coefficient (Wildman–Crippen LogP) is 6.78. The first-order valence-electron chi connectivity index (χ1n) is 11.1. The average molecular weight is 391 g/mol. The predicted molar refractivity (Wildman–Crippen MR) is 112 cm³/mol. The Hall–Kier alpha value is -0.280. The third-order valence-electron chi connectivity index (χ3n) is 4.85. The van der Waals surface area contributed by atoms with Gasteiger partial charge in [-0.25, -0.2) is 0 Å². The molecule has 3 nitrogen and oxygen atoms in total. The number of hydrogen-bond donors (Lipinski definition) is 1. The van der Waals surface area contributed by atoms with E-state index in [1.54, 1.807) is 0 Å². The van der Waals surface area contributed by atoms with E-state index in [4.69, 9.17) is 16.3 Å². The molecule has 1 atom stereocenters. The molecule has 0 rings (SSSR count). The van der Waals surface area contributed by atoms with Crippen molar-refractivity contribution in [2.75, 3.05) is 12.5 Å². The highest BCUT2D eigenvalue weighted by Gasteiger charge is 2.07. The van der Waals surface area contributed by atoms with Crippen LogP contribution in [0.1, 0.15) is 116 Å². The second-order valence-corrected chi connectivity index (χ2v) is 7.85. The Morgan fingerprint density at radius 1 is 0.769 bits per heavy atom. The van der Waals surface area contributed by atoms with Gasteiger partial charge in [0.2, 0.25) is 0 Å². The van der Waals surface area contributed by atoms with E-state index in [1.165, 1.54) is 89.9 Å². The average Bonchev–Trinajstić information content (AvgIpc) is 2.65. The van der Waals surface area contributed by atoms with Crippen LogP contribution in [0.15, 0.2) is 0 Å². The quantitative estimate of drug-likeness (QED) is 0.141. The van der Waals surface area contributed by atoms with Gasteiger partial charge in [-0.15, -0.1) is 11.6 Å². The van der Waals surface area contributed by atoms with Gasteiger partial charge in [-0.3, -0.25) is 4.79 Å². The van der Waals surface area contributed by atoms with Gasteiger partial charge < -0.3 is 9.84 Å². The molecule has 0 heterocycles. The molecule has 26 heavy (non-hydrogen) atoms. The van der Waals surface area contributed by atoms with Gasteiger partial charge in [0, 0.05) is 6.42 Å². The lowest BCUT2D eigenvalue weighted by Crippen LogP contribution is -2.19. The van der Waals surface area contributed by atoms with Crippen LogP contribution in [0, 0.1) is 0 Å². The van der Waals surface area contributed by atoms with E-state index in [0.717, 1.165) is 12.8 Å². The Kier molecular flexibility index (Phi) is 20.8. The molecule has 0 amide bonds. The molecule has 0 aliphatic heterocycles. The van der Waals surface area contributed by atoms with Gasteiger partial charge in [-0.05, 0) is 6.42 Å². The minimum absolute atomic E-state index is 0.0151. The summed E-state index contributed by atoms with van der Waals surface area (Å²) in [4.78, 5) is 11.4. The van der Waals surface area contributed by atoms with E-state index < -0.39 is 6.10 Å². The number of unbranched alkanes of at least 4 members (excludes halogenated alkanes) is 15. The van der Waals surface area contributed by atoms with E-state index in [2.05, 4.69) is 6.92 Å². The zero-order chi connectivity index (χ0) is 19.3. The number of alkyl halides is 1. The Morgan fingerprint density at radius 2 is 1.15 bits per heavy atom. The topological polar surface area (TPSA) is 46.5 Å². The summed E-state index contributed by atoms with van der Waals surface area (Å²) in [6.45, 7) is 2.29. The number of ether oxygens (including phenoxy) is 1. The summed E-state index contributed by atoms with van der Waals surface area (Å²) >= 11 is 5.44. The van der Waals surface area contributed by atoms with Crippen LogP contribution in [-0.4, -0.2) is 29.7 Å². The van der Waals surface area contributed by atoms with Crippen LogP contribution in [0.25, 0.3) is 0 Å². The monoisotopic (exact) mass is 390 g/mol. The van der Waals surface area contributed by atoms with Gasteiger partial charge in [0.05, 0.1) is 5.88 Å². The minimum atomic E-state index is -0.744. The minimum Gasteiger partial charge on any atom is -0.463 e. The number of carbonyl (C=O) groups excluding carboxylic acids is 1. The van der Waals surface area contributed by atoms with Crippen LogP contribution in [0.3, 0.4) is 0 Å². The molecule has 0 aromatic rings. The maximum Gasteiger partial charge on any atom is 0.305 e. The highest BCUT2D eigenvalue weighted by Crippen LogP contribution is 2.14. The summed E-state index contributed by atoms with van der Waals surface area (Å²) in [7, 11) is 0. The number of carbonyl (C=O) groups is 1. The Labute approximate surface area is 167 Å². The van der Waals surface area contributed by atoms with Crippen LogP contribution < -0.4 is 0 Å². The lowest BCUT2D eigenvalue weighted by atomic mass is 10.0. The number of hydrogen-bond acceptors (Lipinski definition) is 3. The first-order valence-corrected chi connectivity index (χ1v) is 11.6. The zero-order valence-corrected chi connectivity index (χ0v) is 17.9. The van der Waals surface area contributed by atoms with E-state index >= 15 is 0 Å². The van der Waals surface area contributed by atoms with Gasteiger partial charge in [-0.2, -0.15) is 0 Å². The Morgan fingerprint density at radius 3 is 1.54 bits per heavy atom. The van der Waals surface area contributed by atoms with Crippen molar-refractivity contribution in [1.82, 2.24) is 0 Å². The molecule has 1 unspecified atom stereocenters. The van der Waals surface area contributed by atoms with Gasteiger partial charge in [0.25, 0.3) is 0 Å². The van der Waals surface area contributed by atoms with Crippen molar-refractivity contribution in [3.8, 4) is 0 Å². The third kappa shape index (κ3) is 20.0. The van der Waals surface area contributed by atoms with Gasteiger partial charge in [0.1, 0.15) is 12.7 Å². The molecule has 0 bridgehead atoms. The second kappa shape index (κ2) is 21.0. The van der Waals surface area contributed by atoms with Crippen molar-refractivity contribution >= 4 is 17.6 Å². The number of halogens is 1. The molecule has 0 fully saturated rings. The smallest absolute Gasteiger partial charge is 0.305 e. The van der Waals surface area contributed by atoms with Crippen LogP contribution >= 0.6 is 11.6 Å². The Balaban J connectivity index is 3.12. The van der Waals surface area contributed by atoms with Crippen molar-refractivity contribution in [2.45, 2.75) is 122 Å². The molecule has 0 saturated heterocycles. The summed E-state index contributed by atoms with van der Waals surface area (Å²) in [6, 6.07) is 0. The molecule has 0 spiro atoms. The number of aliphatic hydroxyl groups is 1. The number of rotatable bonds is 20. The summed E-state index contributed by atoms with van der Waals surface area (Å²) in [5.74, 6) is -0.119. The van der Waals surface area contributed by atoms with Crippen molar-refractivity contribution in [3.63, 3.8) is 0 Å². The van der Waals surface area contributed by atoms with Crippen LogP contribution in [0.2, 0.25) is 0 Å². The summed E-state index contributed by atoms with van der Waals surface area (Å²) in [5.41, 5.74) is 0. The maximum atomic E-state index is 11.4. The lowest BCUT2D eigenvalue weighted by molar-refractivity contribution is -0.146. The molecule has 0 aromatic carbocycles. The molecule has 0 aliphatic rings. The van der Waals surface area contributed by atoms with Crippen LogP contribution in [0.5, 0.6) is 0 Å². The standard InChI is InChI=1S/C22H43ClO3/c1-2-3-4-5-6-7-8-9-10-11-12-13-14-15-16-17-18-22(25)26-20-21(24)19-23/h21,24H,2-20H2,1H3. The summed E-state index contributed by atoms with van der Waals surface area (Å²) in [6.07, 6.45) is 20.9. The largest absolute Gasteiger partial charge is 0.463 e. The van der Waals surface area contributed by atoms with Gasteiger partial charge >= 0.3 is 5.97 Å². The van der Waals surface area contributed by atoms with E-state index in [0.29, 0.717) is 6.42 Å². The molecule has 0 saturated carbocycles. The first-order chi connectivity index (χ1) is 12.7. The van der Waals surface area contributed by atoms with Crippen molar-refractivity contribution < 1.29 is 14.6 Å². The molecular formula is C22H43ClO3. The van der Waals surface area contributed by atoms with Crippen LogP contribution in [0.4, 0.5) is 0 Å². The lowest BCUT2D eigenvalue weighted by Gasteiger charge is -2.08. The molecule has 4 heteroatoms. The molecule has 1 N–H and O–H groups in total. The molecule has 0 radical (unpaired) electrons. The first kappa shape index (κ1) is 25.7. The second-order valence-electron chi connectivity index (χ2n) is 7.54. The Bertz CT molecular complexity index is 297. The summed E-state index contributed by atoms with van der Waals surface area (Å²) in [5, 5.41) is 9.21. The van der Waals surface area contributed by atoms with Crippen molar-refractivity contribution in [1.29, 1.82) is 0 Å². The zero-order valence-electron chi connectivity index (χ0n) is 17.2. The highest BCUT2D eigenvalue weighted by molar-refractivity contribution is 6.18. The fourth-order valence-corrected chi connectivity index (χ4v) is 3.21. The van der Waals surface area contributed by atoms with E-state index in [1.807, 2.05) is 0 Å². The van der Waals surface area contributed by atoms with E-state index in [-0.39, 0.29) is 18.5 Å². The number of aliphatic hydroxyl groups excluding tert-OH is 1. The van der Waals surface area contributed by atoms with Crippen LogP contribution in [-0.2, 0) is 9.53 Å². The molecule has 156 valence electrons. The van der Waals surface area contributed by atoms with Gasteiger partial charge in [0.15, 0.2) is 0 Å². The molecule has 0 aliphatic carbocycles.